The van der Waals surface area contributed by atoms with E-state index < -0.39 is 0 Å². The number of halogens is 1. The van der Waals surface area contributed by atoms with Gasteiger partial charge in [0, 0.05) is 24.3 Å². The largest absolute Gasteiger partial charge is 0.340 e. The predicted molar refractivity (Wildman–Crippen MR) is 84.8 cm³/mol. The minimum absolute atomic E-state index is 0.261. The minimum Gasteiger partial charge on any atom is -0.340 e. The molecule has 0 aliphatic heterocycles. The molecule has 1 rings (SSSR count). The number of aryl methyl sites for hydroxylation is 2. The minimum atomic E-state index is 0.261. The van der Waals surface area contributed by atoms with Crippen LogP contribution in [0.5, 0.6) is 0 Å². The van der Waals surface area contributed by atoms with Crippen LogP contribution in [0.3, 0.4) is 0 Å². The summed E-state index contributed by atoms with van der Waals surface area (Å²) in [6, 6.07) is 8.71. The molecule has 3 heteroatoms. The molecule has 19 heavy (non-hydrogen) atoms. The van der Waals surface area contributed by atoms with Crippen LogP contribution in [0.15, 0.2) is 24.3 Å². The Morgan fingerprint density at radius 2 is 1.89 bits per heavy atom. The van der Waals surface area contributed by atoms with Crippen LogP contribution in [0.2, 0.25) is 0 Å². The number of benzene rings is 1. The maximum Gasteiger partial charge on any atom is 0.223 e. The highest BCUT2D eigenvalue weighted by atomic mass is 79.9. The van der Waals surface area contributed by atoms with E-state index in [1.165, 1.54) is 11.1 Å². The third kappa shape index (κ3) is 5.77. The van der Waals surface area contributed by atoms with Crippen LogP contribution in [0, 0.1) is 6.92 Å². The average Bonchev–Trinajstić information content (AvgIpc) is 2.38. The van der Waals surface area contributed by atoms with E-state index in [1.807, 2.05) is 4.90 Å². The van der Waals surface area contributed by atoms with E-state index in [0.29, 0.717) is 6.42 Å². The summed E-state index contributed by atoms with van der Waals surface area (Å²) < 4.78 is 0. The quantitative estimate of drug-likeness (QED) is 0.695. The van der Waals surface area contributed by atoms with Gasteiger partial charge < -0.3 is 4.90 Å². The molecule has 0 N–H and O–H groups in total. The summed E-state index contributed by atoms with van der Waals surface area (Å²) in [5.74, 6) is 0.261. The van der Waals surface area contributed by atoms with E-state index in [-0.39, 0.29) is 11.9 Å². The van der Waals surface area contributed by atoms with Gasteiger partial charge in [-0.25, -0.2) is 0 Å². The molecule has 106 valence electrons. The molecule has 1 amide bonds. The Morgan fingerprint density at radius 1 is 1.26 bits per heavy atom. The molecule has 0 saturated heterocycles. The van der Waals surface area contributed by atoms with Crippen molar-refractivity contribution in [1.82, 2.24) is 4.90 Å². The Bertz CT molecular complexity index is 386. The van der Waals surface area contributed by atoms with Gasteiger partial charge in [-0.05, 0) is 39.2 Å². The number of hydrogen-bond donors (Lipinski definition) is 0. The van der Waals surface area contributed by atoms with E-state index in [4.69, 9.17) is 0 Å². The van der Waals surface area contributed by atoms with Crippen molar-refractivity contribution in [3.05, 3.63) is 35.4 Å². The van der Waals surface area contributed by atoms with Gasteiger partial charge in [-0.2, -0.15) is 0 Å². The van der Waals surface area contributed by atoms with Crippen LogP contribution in [0.4, 0.5) is 0 Å². The third-order valence-electron chi connectivity index (χ3n) is 3.22. The molecule has 0 bridgehead atoms. The summed E-state index contributed by atoms with van der Waals surface area (Å²) in [7, 11) is 0. The van der Waals surface area contributed by atoms with Gasteiger partial charge >= 0.3 is 0 Å². The molecule has 0 spiro atoms. The summed E-state index contributed by atoms with van der Waals surface area (Å²) in [5.41, 5.74) is 2.50. The summed E-state index contributed by atoms with van der Waals surface area (Å²) in [5, 5.41) is 0.946. The molecule has 0 fully saturated rings. The van der Waals surface area contributed by atoms with E-state index in [0.717, 1.165) is 24.7 Å². The fourth-order valence-corrected chi connectivity index (χ4v) is 2.30. The number of nitrogens with zero attached hydrogens (tertiary/aromatic N) is 1. The summed E-state index contributed by atoms with van der Waals surface area (Å²) in [4.78, 5) is 14.2. The van der Waals surface area contributed by atoms with Crippen molar-refractivity contribution in [3.8, 4) is 0 Å². The normalized spacial score (nSPS) is 10.8. The number of carbonyl (C=O) groups is 1. The van der Waals surface area contributed by atoms with E-state index in [1.54, 1.807) is 0 Å². The molecule has 0 heterocycles. The van der Waals surface area contributed by atoms with E-state index in [2.05, 4.69) is 61.0 Å². The molecule has 0 unspecified atom stereocenters. The second kappa shape index (κ2) is 8.36. The molecular formula is C16H24BrNO. The first-order chi connectivity index (χ1) is 9.04. The number of carbonyl (C=O) groups excluding carboxylic acids is 1. The average molecular weight is 326 g/mol. The first-order valence-corrected chi connectivity index (χ1v) is 8.07. The zero-order chi connectivity index (χ0) is 14.3. The Balaban J connectivity index is 2.49. The van der Waals surface area contributed by atoms with Gasteiger partial charge in [0.25, 0.3) is 0 Å². The van der Waals surface area contributed by atoms with Gasteiger partial charge in [-0.3, -0.25) is 4.79 Å². The molecule has 0 atom stereocenters. The Morgan fingerprint density at radius 3 is 2.42 bits per heavy atom. The van der Waals surface area contributed by atoms with Crippen molar-refractivity contribution in [3.63, 3.8) is 0 Å². The lowest BCUT2D eigenvalue weighted by Crippen LogP contribution is -2.38. The monoisotopic (exact) mass is 325 g/mol. The number of rotatable bonds is 7. The first-order valence-electron chi connectivity index (χ1n) is 6.95. The second-order valence-corrected chi connectivity index (χ2v) is 6.00. The third-order valence-corrected chi connectivity index (χ3v) is 3.79. The molecule has 0 saturated carbocycles. The number of alkyl halides is 1. The van der Waals surface area contributed by atoms with E-state index >= 15 is 0 Å². The van der Waals surface area contributed by atoms with Crippen molar-refractivity contribution in [2.45, 2.75) is 46.1 Å². The maximum atomic E-state index is 12.2. The van der Waals surface area contributed by atoms with Gasteiger partial charge in [0.15, 0.2) is 0 Å². The lowest BCUT2D eigenvalue weighted by molar-refractivity contribution is -0.132. The van der Waals surface area contributed by atoms with Crippen molar-refractivity contribution >= 4 is 21.8 Å². The van der Waals surface area contributed by atoms with Crippen LogP contribution in [0.25, 0.3) is 0 Å². The van der Waals surface area contributed by atoms with Crippen molar-refractivity contribution in [2.24, 2.45) is 0 Å². The van der Waals surface area contributed by atoms with Gasteiger partial charge in [0.1, 0.15) is 0 Å². The molecular weight excluding hydrogens is 302 g/mol. The maximum absolute atomic E-state index is 12.2. The van der Waals surface area contributed by atoms with Crippen LogP contribution >= 0.6 is 15.9 Å². The van der Waals surface area contributed by atoms with Gasteiger partial charge in [0.2, 0.25) is 5.91 Å². The standard InChI is InChI=1S/C16H24BrNO/c1-13(2)18(12-4-11-17)16(19)10-9-15-7-5-14(3)6-8-15/h5-8,13H,4,9-12H2,1-3H3. The fourth-order valence-electron chi connectivity index (χ4n) is 2.05. The number of amides is 1. The highest BCUT2D eigenvalue weighted by Gasteiger charge is 2.15. The lowest BCUT2D eigenvalue weighted by Gasteiger charge is -2.26. The highest BCUT2D eigenvalue weighted by molar-refractivity contribution is 9.09. The van der Waals surface area contributed by atoms with Gasteiger partial charge in [-0.15, -0.1) is 0 Å². The summed E-state index contributed by atoms with van der Waals surface area (Å²) in [6.45, 7) is 7.08. The highest BCUT2D eigenvalue weighted by Crippen LogP contribution is 2.09. The van der Waals surface area contributed by atoms with Gasteiger partial charge in [0.05, 0.1) is 0 Å². The zero-order valence-corrected chi connectivity index (χ0v) is 13.7. The molecule has 0 aliphatic rings. The first kappa shape index (κ1) is 16.2. The Kier molecular flexibility index (Phi) is 7.14. The summed E-state index contributed by atoms with van der Waals surface area (Å²) >= 11 is 3.42. The molecule has 0 aromatic heterocycles. The van der Waals surface area contributed by atoms with Crippen molar-refractivity contribution in [1.29, 1.82) is 0 Å². The predicted octanol–water partition coefficient (Wildman–Crippen LogP) is 3.95. The zero-order valence-electron chi connectivity index (χ0n) is 12.2. The van der Waals surface area contributed by atoms with Crippen LogP contribution in [0.1, 0.15) is 37.8 Å². The molecule has 0 radical (unpaired) electrons. The topological polar surface area (TPSA) is 20.3 Å². The van der Waals surface area contributed by atoms with Crippen molar-refractivity contribution in [2.75, 3.05) is 11.9 Å². The fraction of sp³-hybridized carbons (Fsp3) is 0.562. The summed E-state index contributed by atoms with van der Waals surface area (Å²) in [6.07, 6.45) is 2.44. The van der Waals surface area contributed by atoms with Gasteiger partial charge in [-0.1, -0.05) is 45.8 Å². The van der Waals surface area contributed by atoms with Crippen LogP contribution in [-0.2, 0) is 11.2 Å². The van der Waals surface area contributed by atoms with Crippen LogP contribution in [-0.4, -0.2) is 28.7 Å². The molecule has 0 aliphatic carbocycles. The van der Waals surface area contributed by atoms with E-state index in [9.17, 15) is 4.79 Å². The molecule has 2 nitrogen and oxygen atoms in total. The molecule has 1 aromatic carbocycles. The van der Waals surface area contributed by atoms with Crippen LogP contribution < -0.4 is 0 Å². The lowest BCUT2D eigenvalue weighted by atomic mass is 10.1. The SMILES string of the molecule is Cc1ccc(CCC(=O)N(CCCBr)C(C)C)cc1. The molecule has 1 aromatic rings. The van der Waals surface area contributed by atoms with Crippen molar-refractivity contribution < 1.29 is 4.79 Å². The second-order valence-electron chi connectivity index (χ2n) is 5.21. The number of hydrogen-bond acceptors (Lipinski definition) is 1. The Hall–Kier alpha value is -0.830. The Labute approximate surface area is 125 Å². The smallest absolute Gasteiger partial charge is 0.223 e.